The number of hydrogen-bond donors (Lipinski definition) is 1. The summed E-state index contributed by atoms with van der Waals surface area (Å²) >= 11 is 0. The number of carbonyl (C=O) groups is 2. The van der Waals surface area contributed by atoms with E-state index in [1.54, 1.807) is 0 Å². The first-order valence-corrected chi connectivity index (χ1v) is 13.1. The molecule has 1 saturated heterocycles. The number of aliphatic carboxylic acids is 1. The smallest absolute Gasteiger partial charge is 0.304 e. The number of fused-ring (bicyclic) bond motifs is 2. The second-order valence-corrected chi connectivity index (χ2v) is 9.85. The number of carbonyl (C=O) groups excluding carboxylic acids is 1. The van der Waals surface area contributed by atoms with Gasteiger partial charge >= 0.3 is 5.97 Å². The number of carboxylic acids is 1. The zero-order valence-electron chi connectivity index (χ0n) is 21.2. The Bertz CT molecular complexity index is 1290. The molecule has 2 aliphatic rings. The van der Waals surface area contributed by atoms with Crippen LogP contribution in [0.25, 0.3) is 10.8 Å². The molecule has 2 atom stereocenters. The predicted octanol–water partition coefficient (Wildman–Crippen LogP) is 5.74. The summed E-state index contributed by atoms with van der Waals surface area (Å²) in [6.45, 7) is 3.15. The Morgan fingerprint density at radius 1 is 1.00 bits per heavy atom. The molecule has 0 radical (unpaired) electrons. The highest BCUT2D eigenvalue weighted by Crippen LogP contribution is 2.38. The van der Waals surface area contributed by atoms with Crippen LogP contribution < -0.4 is 14.2 Å². The van der Waals surface area contributed by atoms with Crippen LogP contribution in [0.3, 0.4) is 0 Å². The number of ether oxygens (including phenoxy) is 3. The van der Waals surface area contributed by atoms with Crippen molar-refractivity contribution in [2.24, 2.45) is 0 Å². The van der Waals surface area contributed by atoms with Crippen molar-refractivity contribution in [2.45, 2.75) is 57.4 Å². The number of likely N-dealkylation sites (tertiary alicyclic amines) is 1. The summed E-state index contributed by atoms with van der Waals surface area (Å²) in [4.78, 5) is 26.7. The van der Waals surface area contributed by atoms with Crippen LogP contribution in [0.1, 0.15) is 62.5 Å². The minimum atomic E-state index is -0.877. The Morgan fingerprint density at radius 3 is 2.62 bits per heavy atom. The molecule has 1 amide bonds. The second kappa shape index (κ2) is 11.1. The summed E-state index contributed by atoms with van der Waals surface area (Å²) in [6.07, 6.45) is 5.34. The molecule has 2 unspecified atom stereocenters. The van der Waals surface area contributed by atoms with Crippen molar-refractivity contribution in [3.05, 3.63) is 65.7 Å². The molecule has 0 aromatic heterocycles. The van der Waals surface area contributed by atoms with Gasteiger partial charge in [0.05, 0.1) is 6.42 Å². The molecule has 3 aromatic rings. The molecule has 194 valence electrons. The topological polar surface area (TPSA) is 85.3 Å². The standard InChI is InChI=1S/C30H33NO6/c1-2-5-24-6-3-4-13-31(24)29(32)18-35-25-11-9-20-7-8-21(14-23(20)15-25)26(17-30(33)34)22-10-12-27-28(16-22)37-19-36-27/h7-12,14-16,24,26H,2-6,13,17-19H2,1H3,(H,33,34). The van der Waals surface area contributed by atoms with Gasteiger partial charge in [-0.2, -0.15) is 0 Å². The first-order chi connectivity index (χ1) is 18.0. The summed E-state index contributed by atoms with van der Waals surface area (Å²) in [5.41, 5.74) is 1.74. The van der Waals surface area contributed by atoms with E-state index in [1.165, 1.54) is 6.42 Å². The molecule has 1 fully saturated rings. The third-order valence-electron chi connectivity index (χ3n) is 7.35. The minimum Gasteiger partial charge on any atom is -0.484 e. The largest absolute Gasteiger partial charge is 0.484 e. The molecule has 1 N–H and O–H groups in total. The van der Waals surface area contributed by atoms with Crippen molar-refractivity contribution < 1.29 is 28.9 Å². The van der Waals surface area contributed by atoms with Crippen molar-refractivity contribution in [3.63, 3.8) is 0 Å². The van der Waals surface area contributed by atoms with Gasteiger partial charge in [0.2, 0.25) is 6.79 Å². The van der Waals surface area contributed by atoms with Gasteiger partial charge in [-0.3, -0.25) is 9.59 Å². The zero-order chi connectivity index (χ0) is 25.8. The van der Waals surface area contributed by atoms with Crippen LogP contribution in [0, 0.1) is 0 Å². The highest BCUT2D eigenvalue weighted by Gasteiger charge is 2.26. The molecule has 2 aliphatic heterocycles. The maximum atomic E-state index is 12.9. The lowest BCUT2D eigenvalue weighted by molar-refractivity contribution is -0.138. The molecule has 7 heteroatoms. The van der Waals surface area contributed by atoms with E-state index in [1.807, 2.05) is 59.5 Å². The van der Waals surface area contributed by atoms with Gasteiger partial charge in [-0.25, -0.2) is 0 Å². The first kappa shape index (κ1) is 24.9. The number of benzene rings is 3. The van der Waals surface area contributed by atoms with E-state index in [4.69, 9.17) is 14.2 Å². The van der Waals surface area contributed by atoms with Crippen molar-refractivity contribution >= 4 is 22.6 Å². The van der Waals surface area contributed by atoms with Crippen LogP contribution in [0.15, 0.2) is 54.6 Å². The Balaban J connectivity index is 1.35. The van der Waals surface area contributed by atoms with Crippen LogP contribution >= 0.6 is 0 Å². The van der Waals surface area contributed by atoms with E-state index in [2.05, 4.69) is 6.92 Å². The lowest BCUT2D eigenvalue weighted by atomic mass is 9.87. The predicted molar refractivity (Wildman–Crippen MR) is 140 cm³/mol. The van der Waals surface area contributed by atoms with Crippen molar-refractivity contribution in [1.82, 2.24) is 4.90 Å². The van der Waals surface area contributed by atoms with E-state index in [9.17, 15) is 14.7 Å². The van der Waals surface area contributed by atoms with Gasteiger partial charge in [0.15, 0.2) is 18.1 Å². The van der Waals surface area contributed by atoms with Crippen LogP contribution in [0.5, 0.6) is 17.2 Å². The maximum Gasteiger partial charge on any atom is 0.304 e. The van der Waals surface area contributed by atoms with Crippen LogP contribution in [0.2, 0.25) is 0 Å². The highest BCUT2D eigenvalue weighted by atomic mass is 16.7. The molecular formula is C30H33NO6. The molecule has 0 bridgehead atoms. The highest BCUT2D eigenvalue weighted by molar-refractivity contribution is 5.85. The Morgan fingerprint density at radius 2 is 1.78 bits per heavy atom. The van der Waals surface area contributed by atoms with Crippen molar-refractivity contribution in [3.8, 4) is 17.2 Å². The Kier molecular flexibility index (Phi) is 7.49. The summed E-state index contributed by atoms with van der Waals surface area (Å²) < 4.78 is 16.9. The molecule has 7 nitrogen and oxygen atoms in total. The zero-order valence-corrected chi connectivity index (χ0v) is 21.2. The lowest BCUT2D eigenvalue weighted by Gasteiger charge is -2.35. The SMILES string of the molecule is CCCC1CCCCN1C(=O)COc1ccc2ccc(C(CC(=O)O)c3ccc4c(c3)OCO4)cc2c1. The van der Waals surface area contributed by atoms with Crippen LogP contribution in [-0.4, -0.2) is 47.9 Å². The molecule has 0 saturated carbocycles. The summed E-state index contributed by atoms with van der Waals surface area (Å²) in [5.74, 6) is 0.730. The van der Waals surface area contributed by atoms with E-state index in [-0.39, 0.29) is 31.6 Å². The maximum absolute atomic E-state index is 12.9. The number of hydrogen-bond acceptors (Lipinski definition) is 5. The average Bonchev–Trinajstić information content (AvgIpc) is 3.38. The minimum absolute atomic E-state index is 0.0181. The van der Waals surface area contributed by atoms with Gasteiger partial charge in [-0.15, -0.1) is 0 Å². The second-order valence-electron chi connectivity index (χ2n) is 9.85. The van der Waals surface area contributed by atoms with Gasteiger partial charge in [-0.05, 0) is 71.8 Å². The lowest BCUT2D eigenvalue weighted by Crippen LogP contribution is -2.45. The molecule has 3 aromatic carbocycles. The fourth-order valence-corrected chi connectivity index (χ4v) is 5.47. The molecule has 2 heterocycles. The summed E-state index contributed by atoms with van der Waals surface area (Å²) in [5, 5.41) is 11.6. The third-order valence-corrected chi connectivity index (χ3v) is 7.35. The molecule has 0 spiro atoms. The summed E-state index contributed by atoms with van der Waals surface area (Å²) in [6, 6.07) is 17.6. The molecule has 0 aliphatic carbocycles. The van der Waals surface area contributed by atoms with Crippen molar-refractivity contribution in [1.29, 1.82) is 0 Å². The molecule has 37 heavy (non-hydrogen) atoms. The Hall–Kier alpha value is -3.74. The number of amides is 1. The molecular weight excluding hydrogens is 470 g/mol. The van der Waals surface area contributed by atoms with Crippen LogP contribution in [-0.2, 0) is 9.59 Å². The van der Waals surface area contributed by atoms with Crippen LogP contribution in [0.4, 0.5) is 0 Å². The van der Waals surface area contributed by atoms with E-state index in [0.717, 1.165) is 54.1 Å². The van der Waals surface area contributed by atoms with Crippen molar-refractivity contribution in [2.75, 3.05) is 19.9 Å². The number of rotatable bonds is 9. The fraction of sp³-hybridized carbons (Fsp3) is 0.400. The van der Waals surface area contributed by atoms with Gasteiger partial charge in [0.25, 0.3) is 5.91 Å². The monoisotopic (exact) mass is 503 g/mol. The Labute approximate surface area is 216 Å². The number of piperidine rings is 1. The van der Waals surface area contributed by atoms with Gasteiger partial charge in [0.1, 0.15) is 5.75 Å². The number of nitrogens with zero attached hydrogens (tertiary/aromatic N) is 1. The number of carboxylic acid groups (broad SMARTS) is 1. The average molecular weight is 504 g/mol. The third kappa shape index (κ3) is 5.66. The van der Waals surface area contributed by atoms with Gasteiger partial charge in [-0.1, -0.05) is 43.7 Å². The van der Waals surface area contributed by atoms with E-state index in [0.29, 0.717) is 23.3 Å². The molecule has 5 rings (SSSR count). The van der Waals surface area contributed by atoms with E-state index >= 15 is 0 Å². The quantitative estimate of drug-likeness (QED) is 0.401. The first-order valence-electron chi connectivity index (χ1n) is 13.1. The van der Waals surface area contributed by atoms with Gasteiger partial charge in [0, 0.05) is 18.5 Å². The van der Waals surface area contributed by atoms with E-state index < -0.39 is 5.97 Å². The fourth-order valence-electron chi connectivity index (χ4n) is 5.47. The van der Waals surface area contributed by atoms with Gasteiger partial charge < -0.3 is 24.2 Å². The normalized spacial score (nSPS) is 17.5. The summed E-state index contributed by atoms with van der Waals surface area (Å²) in [7, 11) is 0.